The van der Waals surface area contributed by atoms with Gasteiger partial charge in [0.15, 0.2) is 0 Å². The van der Waals surface area contributed by atoms with Crippen molar-refractivity contribution in [3.63, 3.8) is 0 Å². The molecule has 0 N–H and O–H groups in total. The van der Waals surface area contributed by atoms with Crippen LogP contribution in [0.1, 0.15) is 28.8 Å². The monoisotopic (exact) mass is 440 g/mol. The smallest absolute Gasteiger partial charge is 0.282 e. The topological polar surface area (TPSA) is 108 Å². The van der Waals surface area contributed by atoms with Crippen LogP contribution in [0.15, 0.2) is 47.4 Å². The summed E-state index contributed by atoms with van der Waals surface area (Å²) >= 11 is 0. The molecule has 0 unspecified atom stereocenters. The minimum atomic E-state index is -0.651. The molecule has 0 spiro atoms. The number of amides is 1. The predicted molar refractivity (Wildman–Crippen MR) is 114 cm³/mol. The van der Waals surface area contributed by atoms with E-state index in [1.165, 1.54) is 36.5 Å². The van der Waals surface area contributed by atoms with Crippen LogP contribution >= 0.6 is 0 Å². The SMILES string of the molecule is COC1CCN(C(=O)c2cc(Cn3ncc4cccc([N+](=O)[O-])c4c3=O)ccc2F)CC1. The van der Waals surface area contributed by atoms with Crippen molar-refractivity contribution >= 4 is 22.4 Å². The first-order chi connectivity index (χ1) is 15.4. The Hall–Kier alpha value is -3.66. The normalized spacial score (nSPS) is 14.6. The number of carbonyl (C=O) groups is 1. The number of piperidine rings is 1. The number of fused-ring (bicyclic) bond motifs is 1. The van der Waals surface area contributed by atoms with Gasteiger partial charge in [0.2, 0.25) is 0 Å². The zero-order valence-electron chi connectivity index (χ0n) is 17.4. The third-order valence-electron chi connectivity index (χ3n) is 5.71. The van der Waals surface area contributed by atoms with Crippen molar-refractivity contribution in [3.05, 3.63) is 80.0 Å². The number of aromatic nitrogens is 2. The maximum atomic E-state index is 14.5. The Labute approximate surface area is 182 Å². The summed E-state index contributed by atoms with van der Waals surface area (Å²) in [5.41, 5.74) is -0.543. The number of hydrogen-bond donors (Lipinski definition) is 0. The first-order valence-electron chi connectivity index (χ1n) is 10.1. The molecule has 9 nitrogen and oxygen atoms in total. The van der Waals surface area contributed by atoms with Crippen molar-refractivity contribution in [1.82, 2.24) is 14.7 Å². The van der Waals surface area contributed by atoms with Gasteiger partial charge in [-0.05, 0) is 30.5 Å². The number of benzene rings is 2. The van der Waals surface area contributed by atoms with E-state index in [2.05, 4.69) is 5.10 Å². The number of likely N-dealkylation sites (tertiary alicyclic amines) is 1. The van der Waals surface area contributed by atoms with Crippen molar-refractivity contribution in [2.24, 2.45) is 0 Å². The Balaban J connectivity index is 1.64. The molecule has 166 valence electrons. The van der Waals surface area contributed by atoms with Crippen LogP contribution in [-0.2, 0) is 11.3 Å². The fourth-order valence-electron chi connectivity index (χ4n) is 3.95. The lowest BCUT2D eigenvalue weighted by Crippen LogP contribution is -2.41. The molecule has 3 aromatic rings. The highest BCUT2D eigenvalue weighted by Gasteiger charge is 2.25. The van der Waals surface area contributed by atoms with E-state index in [1.807, 2.05) is 0 Å². The molecule has 1 aromatic heterocycles. The van der Waals surface area contributed by atoms with E-state index in [9.17, 15) is 24.1 Å². The quantitative estimate of drug-likeness (QED) is 0.446. The highest BCUT2D eigenvalue weighted by atomic mass is 19.1. The van der Waals surface area contributed by atoms with Crippen LogP contribution in [0, 0.1) is 15.9 Å². The fourth-order valence-corrected chi connectivity index (χ4v) is 3.95. The van der Waals surface area contributed by atoms with Gasteiger partial charge in [0.25, 0.3) is 17.2 Å². The Morgan fingerprint density at radius 2 is 2.03 bits per heavy atom. The van der Waals surface area contributed by atoms with E-state index in [4.69, 9.17) is 4.74 Å². The van der Waals surface area contributed by atoms with E-state index in [-0.39, 0.29) is 29.3 Å². The number of ether oxygens (including phenoxy) is 1. The van der Waals surface area contributed by atoms with Crippen molar-refractivity contribution in [2.75, 3.05) is 20.2 Å². The van der Waals surface area contributed by atoms with Gasteiger partial charge < -0.3 is 9.64 Å². The lowest BCUT2D eigenvalue weighted by molar-refractivity contribution is -0.383. The number of methoxy groups -OCH3 is 1. The van der Waals surface area contributed by atoms with Crippen LogP contribution in [0.25, 0.3) is 10.8 Å². The summed E-state index contributed by atoms with van der Waals surface area (Å²) in [6.07, 6.45) is 2.82. The third-order valence-corrected chi connectivity index (χ3v) is 5.71. The van der Waals surface area contributed by atoms with Gasteiger partial charge in [0.05, 0.1) is 29.3 Å². The minimum absolute atomic E-state index is 0.0491. The van der Waals surface area contributed by atoms with E-state index in [1.54, 1.807) is 18.1 Å². The van der Waals surface area contributed by atoms with Gasteiger partial charge in [-0.25, -0.2) is 9.07 Å². The molecule has 0 radical (unpaired) electrons. The summed E-state index contributed by atoms with van der Waals surface area (Å²) < 4.78 is 20.8. The molecule has 0 bridgehead atoms. The van der Waals surface area contributed by atoms with Gasteiger partial charge in [-0.3, -0.25) is 19.7 Å². The van der Waals surface area contributed by atoms with E-state index >= 15 is 0 Å². The van der Waals surface area contributed by atoms with E-state index in [0.29, 0.717) is 36.9 Å². The first-order valence-corrected chi connectivity index (χ1v) is 10.1. The summed E-state index contributed by atoms with van der Waals surface area (Å²) in [4.78, 5) is 38.1. The average Bonchev–Trinajstić information content (AvgIpc) is 2.81. The number of nitrogens with zero attached hydrogens (tertiary/aromatic N) is 4. The van der Waals surface area contributed by atoms with Gasteiger partial charge in [-0.1, -0.05) is 18.2 Å². The molecule has 4 rings (SSSR count). The van der Waals surface area contributed by atoms with E-state index in [0.717, 1.165) is 4.68 Å². The number of non-ortho nitro benzene ring substituents is 1. The summed E-state index contributed by atoms with van der Waals surface area (Å²) in [7, 11) is 1.63. The molecule has 1 amide bonds. The zero-order chi connectivity index (χ0) is 22.8. The number of rotatable bonds is 5. The van der Waals surface area contributed by atoms with Crippen molar-refractivity contribution in [1.29, 1.82) is 0 Å². The Morgan fingerprint density at radius 3 is 2.72 bits per heavy atom. The van der Waals surface area contributed by atoms with E-state index < -0.39 is 22.2 Å². The second kappa shape index (κ2) is 8.83. The number of carbonyl (C=O) groups excluding carboxylic acids is 1. The van der Waals surface area contributed by atoms with Crippen LogP contribution in [0.5, 0.6) is 0 Å². The summed E-state index contributed by atoms with van der Waals surface area (Å²) in [6.45, 7) is 0.875. The first kappa shape index (κ1) is 21.6. The molecule has 0 atom stereocenters. The minimum Gasteiger partial charge on any atom is -0.381 e. The lowest BCUT2D eigenvalue weighted by Gasteiger charge is -2.31. The highest BCUT2D eigenvalue weighted by molar-refractivity contribution is 5.94. The Bertz CT molecular complexity index is 1250. The Kier molecular flexibility index (Phi) is 5.95. The van der Waals surface area contributed by atoms with Gasteiger partial charge >= 0.3 is 0 Å². The average molecular weight is 440 g/mol. The number of nitro groups is 1. The lowest BCUT2D eigenvalue weighted by atomic mass is 10.0. The molecule has 1 fully saturated rings. The van der Waals surface area contributed by atoms with Gasteiger partial charge in [-0.2, -0.15) is 5.10 Å². The molecule has 1 aliphatic rings. The van der Waals surface area contributed by atoms with Crippen LogP contribution in [0.4, 0.5) is 10.1 Å². The maximum absolute atomic E-state index is 14.5. The number of hydrogen-bond acceptors (Lipinski definition) is 6. The van der Waals surface area contributed by atoms with Crippen LogP contribution in [-0.4, -0.2) is 51.8 Å². The number of nitro benzene ring substituents is 1. The van der Waals surface area contributed by atoms with Crippen LogP contribution in [0.2, 0.25) is 0 Å². The largest absolute Gasteiger partial charge is 0.381 e. The van der Waals surface area contributed by atoms with Crippen LogP contribution < -0.4 is 5.56 Å². The Morgan fingerprint density at radius 1 is 1.28 bits per heavy atom. The zero-order valence-corrected chi connectivity index (χ0v) is 17.4. The summed E-state index contributed by atoms with van der Waals surface area (Å²) in [5, 5.41) is 15.7. The van der Waals surface area contributed by atoms with Crippen molar-refractivity contribution < 1.29 is 18.8 Å². The third kappa shape index (κ3) is 4.09. The standard InChI is InChI=1S/C22H21FN4O5/c1-32-16-7-9-25(10-8-16)21(28)17-11-14(5-6-18(17)23)13-26-22(29)20-15(12-24-26)3-2-4-19(20)27(30)31/h2-6,11-12,16H,7-10,13H2,1H3. The molecular weight excluding hydrogens is 419 g/mol. The second-order valence-corrected chi connectivity index (χ2v) is 7.65. The second-order valence-electron chi connectivity index (χ2n) is 7.65. The maximum Gasteiger partial charge on any atom is 0.282 e. The highest BCUT2D eigenvalue weighted by Crippen LogP contribution is 2.22. The van der Waals surface area contributed by atoms with Gasteiger partial charge in [0.1, 0.15) is 11.2 Å². The molecule has 2 heterocycles. The summed E-state index contributed by atoms with van der Waals surface area (Å²) in [6, 6.07) is 8.36. The molecular formula is C22H21FN4O5. The molecule has 1 aliphatic heterocycles. The van der Waals surface area contributed by atoms with Crippen LogP contribution in [0.3, 0.4) is 0 Å². The molecule has 32 heavy (non-hydrogen) atoms. The molecule has 2 aromatic carbocycles. The molecule has 0 aliphatic carbocycles. The van der Waals surface area contributed by atoms with Gasteiger partial charge in [0, 0.05) is 31.7 Å². The molecule has 0 saturated carbocycles. The fraction of sp³-hybridized carbons (Fsp3) is 0.318. The van der Waals surface area contributed by atoms with Crippen molar-refractivity contribution in [2.45, 2.75) is 25.5 Å². The van der Waals surface area contributed by atoms with Crippen molar-refractivity contribution in [3.8, 4) is 0 Å². The van der Waals surface area contributed by atoms with Gasteiger partial charge in [-0.15, -0.1) is 0 Å². The summed E-state index contributed by atoms with van der Waals surface area (Å²) in [5.74, 6) is -1.07. The predicted octanol–water partition coefficient (Wildman–Crippen LogP) is 2.74. The molecule has 1 saturated heterocycles. The number of halogens is 1. The molecule has 10 heteroatoms.